The molecule has 3 aromatic rings. The van der Waals surface area contributed by atoms with Crippen LogP contribution in [-0.2, 0) is 22.6 Å². The maximum atomic E-state index is 13.3. The Balaban J connectivity index is 1.71. The number of carbonyl (C=O) groups is 3. The highest BCUT2D eigenvalue weighted by Crippen LogP contribution is 2.36. The lowest BCUT2D eigenvalue weighted by molar-refractivity contribution is -0.122. The van der Waals surface area contributed by atoms with Crippen molar-refractivity contribution in [3.05, 3.63) is 106 Å². The normalized spacial score (nSPS) is 14.4. The second-order valence-electron chi connectivity index (χ2n) is 8.64. The fraction of sp³-hybridized carbons (Fsp3) is 0.167. The van der Waals surface area contributed by atoms with Crippen LogP contribution in [-0.4, -0.2) is 24.5 Å². The molecule has 1 aliphatic heterocycles. The van der Waals surface area contributed by atoms with Crippen LogP contribution in [0.15, 0.2) is 83.4 Å². The minimum absolute atomic E-state index is 0.173. The summed E-state index contributed by atoms with van der Waals surface area (Å²) in [5.74, 6) is -0.434. The van der Waals surface area contributed by atoms with E-state index in [2.05, 4.69) is 27.8 Å². The van der Waals surface area contributed by atoms with Gasteiger partial charge in [-0.3, -0.25) is 14.9 Å². The molecule has 0 atom stereocenters. The molecule has 194 valence electrons. The van der Waals surface area contributed by atoms with Crippen molar-refractivity contribution < 1.29 is 23.9 Å². The first-order valence-electron chi connectivity index (χ1n) is 12.1. The third-order valence-corrected chi connectivity index (χ3v) is 6.35. The van der Waals surface area contributed by atoms with Gasteiger partial charge in [0.15, 0.2) is 11.5 Å². The van der Waals surface area contributed by atoms with E-state index in [9.17, 15) is 14.4 Å². The van der Waals surface area contributed by atoms with Crippen molar-refractivity contribution in [3.63, 3.8) is 0 Å². The molecule has 1 fully saturated rings. The average molecular weight is 575 g/mol. The summed E-state index contributed by atoms with van der Waals surface area (Å²) in [6.45, 7) is 8.47. The van der Waals surface area contributed by atoms with E-state index >= 15 is 0 Å². The molecule has 8 heteroatoms. The summed E-state index contributed by atoms with van der Waals surface area (Å²) in [6.07, 6.45) is 3.67. The van der Waals surface area contributed by atoms with Crippen molar-refractivity contribution in [1.29, 1.82) is 0 Å². The number of barbiturate groups is 1. The number of ether oxygens (including phenoxy) is 2. The Morgan fingerprint density at radius 3 is 2.37 bits per heavy atom. The van der Waals surface area contributed by atoms with E-state index in [1.54, 1.807) is 36.4 Å². The molecule has 1 aliphatic rings. The number of nitrogens with one attached hydrogen (secondary N) is 1. The molecule has 7 nitrogen and oxygen atoms in total. The van der Waals surface area contributed by atoms with Crippen LogP contribution >= 0.6 is 15.9 Å². The summed E-state index contributed by atoms with van der Waals surface area (Å²) >= 11 is 3.34. The van der Waals surface area contributed by atoms with Gasteiger partial charge in [0, 0.05) is 10.0 Å². The maximum Gasteiger partial charge on any atom is 0.335 e. The predicted octanol–water partition coefficient (Wildman–Crippen LogP) is 6.13. The van der Waals surface area contributed by atoms with Gasteiger partial charge in [-0.25, -0.2) is 9.69 Å². The second kappa shape index (κ2) is 11.9. The smallest absolute Gasteiger partial charge is 0.335 e. The number of hydrogen-bond acceptors (Lipinski definition) is 5. The van der Waals surface area contributed by atoms with Crippen molar-refractivity contribution >= 4 is 45.5 Å². The molecule has 0 aromatic heterocycles. The van der Waals surface area contributed by atoms with Crippen LogP contribution in [0.2, 0.25) is 0 Å². The Morgan fingerprint density at radius 1 is 1.00 bits per heavy atom. The van der Waals surface area contributed by atoms with E-state index in [0.717, 1.165) is 26.1 Å². The lowest BCUT2D eigenvalue weighted by Crippen LogP contribution is -2.54. The third-order valence-electron chi connectivity index (χ3n) is 5.82. The number of aryl methyl sites for hydroxylation is 1. The van der Waals surface area contributed by atoms with Crippen LogP contribution in [0.25, 0.3) is 6.08 Å². The topological polar surface area (TPSA) is 84.9 Å². The molecule has 4 amide bonds. The van der Waals surface area contributed by atoms with Crippen LogP contribution in [0, 0.1) is 6.92 Å². The van der Waals surface area contributed by atoms with Crippen molar-refractivity contribution in [1.82, 2.24) is 5.32 Å². The van der Waals surface area contributed by atoms with E-state index in [0.29, 0.717) is 42.4 Å². The Kier molecular flexibility index (Phi) is 8.43. The summed E-state index contributed by atoms with van der Waals surface area (Å²) in [5, 5.41) is 2.25. The fourth-order valence-electron chi connectivity index (χ4n) is 3.99. The number of urea groups is 1. The number of carbonyl (C=O) groups excluding carboxylic acids is 3. The summed E-state index contributed by atoms with van der Waals surface area (Å²) in [7, 11) is 0. The van der Waals surface area contributed by atoms with Crippen LogP contribution in [0.1, 0.15) is 29.2 Å². The van der Waals surface area contributed by atoms with Crippen LogP contribution in [0.3, 0.4) is 0 Å². The SMILES string of the molecule is C=CCc1cc(/C=C2\C(=O)NC(=O)N(c3ccc(Br)cc3)C2=O)cc(OCC)c1OCc1ccc(C)cc1. The molecule has 1 heterocycles. The number of allylic oxidation sites excluding steroid dienone is 1. The number of benzene rings is 3. The summed E-state index contributed by atoms with van der Waals surface area (Å²) in [4.78, 5) is 39.4. The number of nitrogens with zero attached hydrogens (tertiary/aromatic N) is 1. The minimum atomic E-state index is -0.804. The Bertz CT molecular complexity index is 1410. The highest BCUT2D eigenvalue weighted by Gasteiger charge is 2.36. The fourth-order valence-corrected chi connectivity index (χ4v) is 4.25. The zero-order valence-corrected chi connectivity index (χ0v) is 22.7. The lowest BCUT2D eigenvalue weighted by atomic mass is 10.0. The van der Waals surface area contributed by atoms with Gasteiger partial charge in [-0.15, -0.1) is 6.58 Å². The maximum absolute atomic E-state index is 13.3. The van der Waals surface area contributed by atoms with Crippen molar-refractivity contribution in [3.8, 4) is 11.5 Å². The van der Waals surface area contributed by atoms with Gasteiger partial charge >= 0.3 is 6.03 Å². The van der Waals surface area contributed by atoms with Crippen molar-refractivity contribution in [2.45, 2.75) is 26.9 Å². The van der Waals surface area contributed by atoms with Crippen molar-refractivity contribution in [2.24, 2.45) is 0 Å². The molecule has 0 unspecified atom stereocenters. The summed E-state index contributed by atoms with van der Waals surface area (Å²) in [5.41, 5.74) is 3.68. The number of hydrogen-bond donors (Lipinski definition) is 1. The molecular formula is C30H27BrN2O5. The van der Waals surface area contributed by atoms with Gasteiger partial charge in [-0.05, 0) is 73.9 Å². The third kappa shape index (κ3) is 6.03. The average Bonchev–Trinajstić information content (AvgIpc) is 2.88. The van der Waals surface area contributed by atoms with Crippen molar-refractivity contribution in [2.75, 3.05) is 11.5 Å². The van der Waals surface area contributed by atoms with Crippen LogP contribution < -0.4 is 19.7 Å². The number of imide groups is 2. The van der Waals surface area contributed by atoms with Gasteiger partial charge < -0.3 is 9.47 Å². The number of halogens is 1. The molecular weight excluding hydrogens is 548 g/mol. The lowest BCUT2D eigenvalue weighted by Gasteiger charge is -2.26. The molecule has 0 radical (unpaired) electrons. The first-order chi connectivity index (χ1) is 18.3. The number of rotatable bonds is 9. The largest absolute Gasteiger partial charge is 0.490 e. The Labute approximate surface area is 229 Å². The Morgan fingerprint density at radius 2 is 1.71 bits per heavy atom. The van der Waals surface area contributed by atoms with Gasteiger partial charge in [-0.2, -0.15) is 0 Å². The van der Waals surface area contributed by atoms with Crippen LogP contribution in [0.5, 0.6) is 11.5 Å². The zero-order valence-electron chi connectivity index (χ0n) is 21.1. The predicted molar refractivity (Wildman–Crippen MR) is 150 cm³/mol. The van der Waals surface area contributed by atoms with E-state index in [-0.39, 0.29) is 5.57 Å². The molecule has 1 N–H and O–H groups in total. The standard InChI is InChI=1S/C30H27BrN2O5/c1-4-6-22-15-21(17-26(37-5-2)27(22)38-18-20-9-7-19(3)8-10-20)16-25-28(34)32-30(36)33(29(25)35)24-13-11-23(31)12-14-24/h4,7-17H,1,5-6,18H2,2-3H3,(H,32,34,36)/b25-16+. The van der Waals surface area contributed by atoms with E-state index in [1.807, 2.05) is 44.2 Å². The monoisotopic (exact) mass is 574 g/mol. The zero-order chi connectivity index (χ0) is 27.2. The van der Waals surface area contributed by atoms with Gasteiger partial charge in [0.25, 0.3) is 11.8 Å². The van der Waals surface area contributed by atoms with Gasteiger partial charge in [-0.1, -0.05) is 51.8 Å². The molecule has 38 heavy (non-hydrogen) atoms. The highest BCUT2D eigenvalue weighted by molar-refractivity contribution is 9.10. The number of amides is 4. The molecule has 0 aliphatic carbocycles. The van der Waals surface area contributed by atoms with E-state index in [1.165, 1.54) is 6.08 Å². The van der Waals surface area contributed by atoms with Gasteiger partial charge in [0.05, 0.1) is 12.3 Å². The first-order valence-corrected chi connectivity index (χ1v) is 12.9. The van der Waals surface area contributed by atoms with Crippen LogP contribution in [0.4, 0.5) is 10.5 Å². The molecule has 0 bridgehead atoms. The molecule has 1 saturated heterocycles. The summed E-state index contributed by atoms with van der Waals surface area (Å²) < 4.78 is 12.9. The highest BCUT2D eigenvalue weighted by atomic mass is 79.9. The second-order valence-corrected chi connectivity index (χ2v) is 9.56. The molecule has 0 spiro atoms. The minimum Gasteiger partial charge on any atom is -0.490 e. The summed E-state index contributed by atoms with van der Waals surface area (Å²) in [6, 6.07) is 17.4. The Hall–Kier alpha value is -4.17. The quantitative estimate of drug-likeness (QED) is 0.189. The van der Waals surface area contributed by atoms with E-state index < -0.39 is 17.8 Å². The van der Waals surface area contributed by atoms with E-state index in [4.69, 9.17) is 9.47 Å². The molecule has 3 aromatic carbocycles. The molecule has 4 rings (SSSR count). The number of anilines is 1. The van der Waals surface area contributed by atoms with Gasteiger partial charge in [0.1, 0.15) is 12.2 Å². The first kappa shape index (κ1) is 26.9. The molecule has 0 saturated carbocycles. The van der Waals surface area contributed by atoms with Gasteiger partial charge in [0.2, 0.25) is 0 Å².